The first kappa shape index (κ1) is 14.2. The summed E-state index contributed by atoms with van der Waals surface area (Å²) in [4.78, 5) is 13.8. The van der Waals surface area contributed by atoms with Crippen LogP contribution in [0.3, 0.4) is 0 Å². The summed E-state index contributed by atoms with van der Waals surface area (Å²) in [6, 6.07) is 7.96. The molecule has 0 amide bonds. The summed E-state index contributed by atoms with van der Waals surface area (Å²) in [7, 11) is 3.97. The molecule has 2 atom stereocenters. The molecule has 0 saturated heterocycles. The highest BCUT2D eigenvalue weighted by molar-refractivity contribution is 5.80. The van der Waals surface area contributed by atoms with Gasteiger partial charge in [0.25, 0.3) is 0 Å². The molecule has 104 valence electrons. The minimum absolute atomic E-state index is 0.0233. The fourth-order valence-corrected chi connectivity index (χ4v) is 3.15. The van der Waals surface area contributed by atoms with Crippen molar-refractivity contribution in [3.63, 3.8) is 0 Å². The molecule has 1 aliphatic carbocycles. The molecule has 19 heavy (non-hydrogen) atoms. The molecule has 1 saturated carbocycles. The van der Waals surface area contributed by atoms with E-state index in [1.165, 1.54) is 0 Å². The van der Waals surface area contributed by atoms with Crippen molar-refractivity contribution in [1.82, 2.24) is 4.90 Å². The zero-order chi connectivity index (χ0) is 14.0. The van der Waals surface area contributed by atoms with Crippen LogP contribution in [0, 0.1) is 12.8 Å². The topological polar surface area (TPSA) is 40.5 Å². The third-order valence-electron chi connectivity index (χ3n) is 4.13. The van der Waals surface area contributed by atoms with Crippen LogP contribution < -0.4 is 0 Å². The highest BCUT2D eigenvalue weighted by Gasteiger charge is 2.43. The van der Waals surface area contributed by atoms with Gasteiger partial charge in [0.05, 0.1) is 5.60 Å². The summed E-state index contributed by atoms with van der Waals surface area (Å²) < 4.78 is 0. The Balaban J connectivity index is 2.37. The number of aryl methyl sites for hydroxylation is 1. The molecule has 1 aromatic carbocycles. The third-order valence-corrected chi connectivity index (χ3v) is 4.13. The van der Waals surface area contributed by atoms with Gasteiger partial charge in [-0.3, -0.25) is 4.79 Å². The molecule has 1 N–H and O–H groups in total. The van der Waals surface area contributed by atoms with Gasteiger partial charge < -0.3 is 10.0 Å². The number of hydrogen-bond donors (Lipinski definition) is 1. The molecule has 0 radical (unpaired) electrons. The molecular weight excluding hydrogens is 238 g/mol. The molecule has 0 bridgehead atoms. The SMILES string of the molecule is Cc1ccccc1C1(O)CCC(=O)CC1CN(C)C. The van der Waals surface area contributed by atoms with Gasteiger partial charge in [0, 0.05) is 25.3 Å². The van der Waals surface area contributed by atoms with Gasteiger partial charge in [-0.15, -0.1) is 0 Å². The summed E-state index contributed by atoms with van der Waals surface area (Å²) in [6.45, 7) is 2.76. The second-order valence-corrected chi connectivity index (χ2v) is 5.94. The Kier molecular flexibility index (Phi) is 4.07. The van der Waals surface area contributed by atoms with E-state index in [0.717, 1.165) is 17.7 Å². The van der Waals surface area contributed by atoms with Crippen molar-refractivity contribution in [3.05, 3.63) is 35.4 Å². The van der Waals surface area contributed by atoms with Crippen LogP contribution in [0.2, 0.25) is 0 Å². The van der Waals surface area contributed by atoms with Crippen LogP contribution in [-0.4, -0.2) is 36.4 Å². The van der Waals surface area contributed by atoms with Gasteiger partial charge in [-0.2, -0.15) is 0 Å². The maximum Gasteiger partial charge on any atom is 0.133 e. The number of hydrogen-bond acceptors (Lipinski definition) is 3. The van der Waals surface area contributed by atoms with Crippen molar-refractivity contribution in [2.24, 2.45) is 5.92 Å². The van der Waals surface area contributed by atoms with Crippen LogP contribution >= 0.6 is 0 Å². The van der Waals surface area contributed by atoms with E-state index >= 15 is 0 Å². The number of aliphatic hydroxyl groups is 1. The van der Waals surface area contributed by atoms with Crippen molar-refractivity contribution in [1.29, 1.82) is 0 Å². The highest BCUT2D eigenvalue weighted by Crippen LogP contribution is 2.41. The first-order chi connectivity index (χ1) is 8.93. The highest BCUT2D eigenvalue weighted by atomic mass is 16.3. The molecule has 0 heterocycles. The third kappa shape index (κ3) is 2.88. The first-order valence-electron chi connectivity index (χ1n) is 6.88. The van der Waals surface area contributed by atoms with Gasteiger partial charge >= 0.3 is 0 Å². The molecule has 2 rings (SSSR count). The van der Waals surface area contributed by atoms with Gasteiger partial charge in [-0.05, 0) is 38.6 Å². The fraction of sp³-hybridized carbons (Fsp3) is 0.562. The minimum Gasteiger partial charge on any atom is -0.385 e. The molecule has 2 unspecified atom stereocenters. The molecule has 0 aliphatic heterocycles. The van der Waals surface area contributed by atoms with Crippen LogP contribution in [0.15, 0.2) is 24.3 Å². The van der Waals surface area contributed by atoms with Gasteiger partial charge in [0.2, 0.25) is 0 Å². The van der Waals surface area contributed by atoms with Crippen LogP contribution in [0.25, 0.3) is 0 Å². The number of rotatable bonds is 3. The second-order valence-electron chi connectivity index (χ2n) is 5.94. The minimum atomic E-state index is -0.872. The monoisotopic (exact) mass is 261 g/mol. The summed E-state index contributed by atoms with van der Waals surface area (Å²) in [6.07, 6.45) is 1.49. The van der Waals surface area contributed by atoms with Crippen LogP contribution in [-0.2, 0) is 10.4 Å². The zero-order valence-electron chi connectivity index (χ0n) is 12.0. The molecular formula is C16H23NO2. The van der Waals surface area contributed by atoms with E-state index < -0.39 is 5.60 Å². The maximum atomic E-state index is 11.7. The molecule has 3 heteroatoms. The van der Waals surface area contributed by atoms with Crippen LogP contribution in [0.4, 0.5) is 0 Å². The van der Waals surface area contributed by atoms with Gasteiger partial charge in [-0.1, -0.05) is 24.3 Å². The normalized spacial score (nSPS) is 27.8. The number of Topliss-reactive ketones (excluding diaryl/α,β-unsaturated/α-hetero) is 1. The van der Waals surface area contributed by atoms with E-state index in [4.69, 9.17) is 0 Å². The Morgan fingerprint density at radius 3 is 2.68 bits per heavy atom. The van der Waals surface area contributed by atoms with Crippen LogP contribution in [0.5, 0.6) is 0 Å². The maximum absolute atomic E-state index is 11.7. The lowest BCUT2D eigenvalue weighted by atomic mass is 9.70. The van der Waals surface area contributed by atoms with Crippen LogP contribution in [0.1, 0.15) is 30.4 Å². The number of nitrogens with zero attached hydrogens (tertiary/aromatic N) is 1. The van der Waals surface area contributed by atoms with Crippen molar-refractivity contribution in [2.75, 3.05) is 20.6 Å². The summed E-state index contributed by atoms with van der Waals surface area (Å²) >= 11 is 0. The summed E-state index contributed by atoms with van der Waals surface area (Å²) in [5.41, 5.74) is 1.21. The number of carbonyl (C=O) groups is 1. The Hall–Kier alpha value is -1.19. The van der Waals surface area contributed by atoms with Crippen molar-refractivity contribution < 1.29 is 9.90 Å². The predicted molar refractivity (Wildman–Crippen MR) is 76.0 cm³/mol. The van der Waals surface area contributed by atoms with E-state index in [1.54, 1.807) is 0 Å². The molecule has 1 fully saturated rings. The fourth-order valence-electron chi connectivity index (χ4n) is 3.15. The first-order valence-corrected chi connectivity index (χ1v) is 6.88. The van der Waals surface area contributed by atoms with E-state index in [2.05, 4.69) is 0 Å². The number of ketones is 1. The predicted octanol–water partition coefficient (Wildman–Crippen LogP) is 2.11. The zero-order valence-corrected chi connectivity index (χ0v) is 12.0. The number of benzene rings is 1. The lowest BCUT2D eigenvalue weighted by Crippen LogP contribution is -2.45. The van der Waals surface area contributed by atoms with E-state index in [9.17, 15) is 9.90 Å². The Morgan fingerprint density at radius 2 is 2.05 bits per heavy atom. The van der Waals surface area contributed by atoms with E-state index in [-0.39, 0.29) is 11.7 Å². The average molecular weight is 261 g/mol. The average Bonchev–Trinajstić information content (AvgIpc) is 2.34. The lowest BCUT2D eigenvalue weighted by molar-refractivity contribution is -0.133. The largest absolute Gasteiger partial charge is 0.385 e. The van der Waals surface area contributed by atoms with E-state index in [1.807, 2.05) is 50.2 Å². The van der Waals surface area contributed by atoms with E-state index in [0.29, 0.717) is 19.3 Å². The Bertz CT molecular complexity index is 470. The van der Waals surface area contributed by atoms with Gasteiger partial charge in [0.15, 0.2) is 0 Å². The molecule has 3 nitrogen and oxygen atoms in total. The van der Waals surface area contributed by atoms with Crippen molar-refractivity contribution in [3.8, 4) is 0 Å². The smallest absolute Gasteiger partial charge is 0.133 e. The Morgan fingerprint density at radius 1 is 1.37 bits per heavy atom. The Labute approximate surface area is 115 Å². The number of carbonyl (C=O) groups excluding carboxylic acids is 1. The van der Waals surface area contributed by atoms with Crippen molar-refractivity contribution >= 4 is 5.78 Å². The van der Waals surface area contributed by atoms with Crippen molar-refractivity contribution in [2.45, 2.75) is 31.8 Å². The van der Waals surface area contributed by atoms with Gasteiger partial charge in [-0.25, -0.2) is 0 Å². The standard InChI is InChI=1S/C16H23NO2/c1-12-6-4-5-7-15(12)16(19)9-8-14(18)10-13(16)11-17(2)3/h4-7,13,19H,8-11H2,1-3H3. The lowest BCUT2D eigenvalue weighted by Gasteiger charge is -2.41. The molecule has 1 aromatic rings. The quantitative estimate of drug-likeness (QED) is 0.906. The summed E-state index contributed by atoms with van der Waals surface area (Å²) in [5.74, 6) is 0.245. The molecule has 1 aliphatic rings. The van der Waals surface area contributed by atoms with Gasteiger partial charge in [0.1, 0.15) is 5.78 Å². The second kappa shape index (κ2) is 5.43. The molecule has 0 aromatic heterocycles. The molecule has 0 spiro atoms. The summed E-state index contributed by atoms with van der Waals surface area (Å²) in [5, 5.41) is 11.2.